The zero-order valence-electron chi connectivity index (χ0n) is 9.16. The first-order chi connectivity index (χ1) is 8.48. The zero-order chi connectivity index (χ0) is 13.2. The van der Waals surface area contributed by atoms with Gasteiger partial charge < -0.3 is 0 Å². The van der Waals surface area contributed by atoms with Crippen LogP contribution in [0.3, 0.4) is 0 Å². The van der Waals surface area contributed by atoms with Crippen LogP contribution in [0.1, 0.15) is 5.56 Å². The van der Waals surface area contributed by atoms with Gasteiger partial charge >= 0.3 is 6.18 Å². The Morgan fingerprint density at radius 2 is 1.44 bits per heavy atom. The summed E-state index contributed by atoms with van der Waals surface area (Å²) in [6.07, 6.45) is -4.37. The molecule has 1 nitrogen and oxygen atoms in total. The van der Waals surface area contributed by atoms with Gasteiger partial charge in [-0.15, -0.1) is 0 Å². The van der Waals surface area contributed by atoms with Crippen molar-refractivity contribution in [1.82, 2.24) is 0 Å². The van der Waals surface area contributed by atoms with E-state index in [0.717, 1.165) is 12.1 Å². The summed E-state index contributed by atoms with van der Waals surface area (Å²) < 4.78 is 38.9. The highest BCUT2D eigenvalue weighted by Gasteiger charge is 2.30. The van der Waals surface area contributed by atoms with E-state index < -0.39 is 11.7 Å². The number of halogens is 4. The second-order valence-corrected chi connectivity index (χ2v) is 4.00. The number of hydrogen-bond acceptors (Lipinski definition) is 1. The fourth-order valence-corrected chi connectivity index (χ4v) is 1.73. The van der Waals surface area contributed by atoms with Crippen molar-refractivity contribution in [3.8, 4) is 0 Å². The summed E-state index contributed by atoms with van der Waals surface area (Å²) >= 11 is 6.02. The molecule has 0 aliphatic heterocycles. The van der Waals surface area contributed by atoms with Crippen LogP contribution in [0.4, 0.5) is 24.5 Å². The predicted octanol–water partition coefficient (Wildman–Crippen LogP) is 5.00. The molecule has 0 unspecified atom stereocenters. The van der Waals surface area contributed by atoms with Gasteiger partial charge in [0.2, 0.25) is 0 Å². The van der Waals surface area contributed by atoms with E-state index in [9.17, 15) is 13.2 Å². The van der Waals surface area contributed by atoms with Gasteiger partial charge in [-0.05, 0) is 30.3 Å². The van der Waals surface area contributed by atoms with Crippen molar-refractivity contribution in [2.24, 2.45) is 0 Å². The Bertz CT molecular complexity index is 525. The lowest BCUT2D eigenvalue weighted by atomic mass is 10.2. The van der Waals surface area contributed by atoms with E-state index in [1.54, 1.807) is 30.3 Å². The maximum Gasteiger partial charge on any atom is 0.416 e. The SMILES string of the molecule is FC(F)(F)c1cccc(N(Cl)c2ccccc2)c1. The second kappa shape index (κ2) is 4.90. The van der Waals surface area contributed by atoms with E-state index in [1.807, 2.05) is 0 Å². The lowest BCUT2D eigenvalue weighted by Gasteiger charge is -2.17. The van der Waals surface area contributed by atoms with E-state index in [1.165, 1.54) is 16.6 Å². The Kier molecular flexibility index (Phi) is 3.48. The number of nitrogens with zero attached hydrogens (tertiary/aromatic N) is 1. The normalized spacial score (nSPS) is 11.3. The van der Waals surface area contributed by atoms with Crippen LogP contribution in [0.15, 0.2) is 54.6 Å². The molecule has 0 fully saturated rings. The maximum atomic E-state index is 12.6. The van der Waals surface area contributed by atoms with Crippen LogP contribution >= 0.6 is 11.8 Å². The van der Waals surface area contributed by atoms with E-state index >= 15 is 0 Å². The lowest BCUT2D eigenvalue weighted by Crippen LogP contribution is -2.07. The number of rotatable bonds is 2. The smallest absolute Gasteiger partial charge is 0.254 e. The van der Waals surface area contributed by atoms with Gasteiger partial charge in [0.25, 0.3) is 0 Å². The summed E-state index contributed by atoms with van der Waals surface area (Å²) in [5.74, 6) is 0. The molecule has 0 aromatic heterocycles. The zero-order valence-corrected chi connectivity index (χ0v) is 9.91. The van der Waals surface area contributed by atoms with Crippen LogP contribution in [0, 0.1) is 0 Å². The van der Waals surface area contributed by atoms with E-state index in [4.69, 9.17) is 11.8 Å². The molecule has 0 atom stereocenters. The topological polar surface area (TPSA) is 3.24 Å². The highest BCUT2D eigenvalue weighted by Crippen LogP contribution is 2.34. The predicted molar refractivity (Wildman–Crippen MR) is 65.9 cm³/mol. The fraction of sp³-hybridized carbons (Fsp3) is 0.0769. The summed E-state index contributed by atoms with van der Waals surface area (Å²) in [5, 5.41) is 0. The molecule has 0 saturated heterocycles. The van der Waals surface area contributed by atoms with Gasteiger partial charge in [0, 0.05) is 11.8 Å². The summed E-state index contributed by atoms with van der Waals surface area (Å²) in [6, 6.07) is 13.6. The highest BCUT2D eigenvalue weighted by molar-refractivity contribution is 6.29. The summed E-state index contributed by atoms with van der Waals surface area (Å²) in [5.41, 5.74) is 0.165. The van der Waals surface area contributed by atoms with Crippen molar-refractivity contribution >= 4 is 23.2 Å². The second-order valence-electron chi connectivity index (χ2n) is 3.66. The minimum atomic E-state index is -4.37. The minimum absolute atomic E-state index is 0.276. The van der Waals surface area contributed by atoms with E-state index in [0.29, 0.717) is 5.69 Å². The maximum absolute atomic E-state index is 12.6. The van der Waals surface area contributed by atoms with E-state index in [-0.39, 0.29) is 5.69 Å². The molecule has 94 valence electrons. The molecular weight excluding hydrogens is 263 g/mol. The molecule has 0 saturated carbocycles. The third-order valence-electron chi connectivity index (χ3n) is 2.38. The van der Waals surface area contributed by atoms with Crippen molar-refractivity contribution in [1.29, 1.82) is 0 Å². The minimum Gasteiger partial charge on any atom is -0.254 e. The molecule has 0 bridgehead atoms. The van der Waals surface area contributed by atoms with Crippen LogP contribution in [0.2, 0.25) is 0 Å². The molecule has 0 spiro atoms. The van der Waals surface area contributed by atoms with Crippen LogP contribution in [-0.2, 0) is 6.18 Å². The monoisotopic (exact) mass is 271 g/mol. The molecule has 0 aliphatic rings. The van der Waals surface area contributed by atoms with Gasteiger partial charge in [-0.2, -0.15) is 13.2 Å². The Morgan fingerprint density at radius 3 is 2.06 bits per heavy atom. The van der Waals surface area contributed by atoms with Crippen molar-refractivity contribution < 1.29 is 13.2 Å². The summed E-state index contributed by atoms with van der Waals surface area (Å²) in [4.78, 5) is 0. The molecule has 18 heavy (non-hydrogen) atoms. The largest absolute Gasteiger partial charge is 0.416 e. The Morgan fingerprint density at radius 1 is 0.833 bits per heavy atom. The standard InChI is InChI=1S/C13H9ClF3N/c14-18(11-6-2-1-3-7-11)12-8-4-5-10(9-12)13(15,16)17/h1-9H. The number of alkyl halides is 3. The molecular formula is C13H9ClF3N. The first-order valence-corrected chi connectivity index (χ1v) is 5.50. The molecule has 0 N–H and O–H groups in total. The molecule has 2 aromatic carbocycles. The number of hydrogen-bond donors (Lipinski definition) is 0. The summed E-state index contributed by atoms with van der Waals surface area (Å²) in [6.45, 7) is 0. The average molecular weight is 272 g/mol. The van der Waals surface area contributed by atoms with Crippen LogP contribution in [0.25, 0.3) is 0 Å². The molecule has 2 rings (SSSR count). The van der Waals surface area contributed by atoms with Crippen LogP contribution < -0.4 is 4.42 Å². The van der Waals surface area contributed by atoms with Crippen molar-refractivity contribution in [3.63, 3.8) is 0 Å². The van der Waals surface area contributed by atoms with Crippen molar-refractivity contribution in [2.45, 2.75) is 6.18 Å². The Labute approximate surface area is 108 Å². The first kappa shape index (κ1) is 12.8. The van der Waals surface area contributed by atoms with Gasteiger partial charge in [-0.1, -0.05) is 24.3 Å². The molecule has 0 amide bonds. The van der Waals surface area contributed by atoms with Crippen LogP contribution in [0.5, 0.6) is 0 Å². The number of para-hydroxylation sites is 1. The van der Waals surface area contributed by atoms with Crippen molar-refractivity contribution in [2.75, 3.05) is 4.42 Å². The van der Waals surface area contributed by atoms with Gasteiger partial charge in [-0.3, -0.25) is 4.42 Å². The van der Waals surface area contributed by atoms with Crippen LogP contribution in [-0.4, -0.2) is 0 Å². The molecule has 0 aliphatic carbocycles. The average Bonchev–Trinajstić information content (AvgIpc) is 2.38. The van der Waals surface area contributed by atoms with Gasteiger partial charge in [0.1, 0.15) is 0 Å². The van der Waals surface area contributed by atoms with Gasteiger partial charge in [0.05, 0.1) is 16.9 Å². The van der Waals surface area contributed by atoms with Gasteiger partial charge in [0.15, 0.2) is 0 Å². The van der Waals surface area contributed by atoms with E-state index in [2.05, 4.69) is 0 Å². The lowest BCUT2D eigenvalue weighted by molar-refractivity contribution is -0.137. The fourth-order valence-electron chi connectivity index (χ4n) is 1.51. The van der Waals surface area contributed by atoms with Gasteiger partial charge in [-0.25, -0.2) is 0 Å². The Hall–Kier alpha value is -1.68. The molecule has 0 radical (unpaired) electrons. The summed E-state index contributed by atoms with van der Waals surface area (Å²) in [7, 11) is 0. The number of benzene rings is 2. The highest BCUT2D eigenvalue weighted by atomic mass is 35.5. The third-order valence-corrected chi connectivity index (χ3v) is 2.77. The van der Waals surface area contributed by atoms with Crippen molar-refractivity contribution in [3.05, 3.63) is 60.2 Å². The number of anilines is 2. The first-order valence-electron chi connectivity index (χ1n) is 5.17. The molecule has 5 heteroatoms. The molecule has 0 heterocycles. The Balaban J connectivity index is 2.35. The third kappa shape index (κ3) is 2.76. The quantitative estimate of drug-likeness (QED) is 0.695. The molecule has 2 aromatic rings.